The SMILES string of the molecule is Nc1nn(-c2ccccc2)c(N)c1N=Nc1ccccc1Cl. The monoisotopic (exact) mass is 312 g/mol. The van der Waals surface area contributed by atoms with Crippen LogP contribution in [0.25, 0.3) is 5.69 Å². The molecule has 2 aromatic carbocycles. The highest BCUT2D eigenvalue weighted by molar-refractivity contribution is 6.32. The minimum atomic E-state index is 0.206. The number of para-hydroxylation sites is 1. The molecule has 7 heteroatoms. The molecule has 0 atom stereocenters. The van der Waals surface area contributed by atoms with E-state index >= 15 is 0 Å². The summed E-state index contributed by atoms with van der Waals surface area (Å²) in [6.07, 6.45) is 0. The number of hydrogen-bond acceptors (Lipinski definition) is 5. The Bertz CT molecular complexity index is 825. The van der Waals surface area contributed by atoms with Crippen LogP contribution in [-0.4, -0.2) is 9.78 Å². The number of azo groups is 1. The smallest absolute Gasteiger partial charge is 0.176 e. The lowest BCUT2D eigenvalue weighted by molar-refractivity contribution is 0.897. The fourth-order valence-corrected chi connectivity index (χ4v) is 2.12. The van der Waals surface area contributed by atoms with Crippen LogP contribution in [0, 0.1) is 0 Å². The van der Waals surface area contributed by atoms with Crippen LogP contribution in [0.15, 0.2) is 64.8 Å². The molecule has 0 aliphatic carbocycles. The van der Waals surface area contributed by atoms with Crippen LogP contribution in [0.3, 0.4) is 0 Å². The minimum Gasteiger partial charge on any atom is -0.382 e. The van der Waals surface area contributed by atoms with Gasteiger partial charge in [0.1, 0.15) is 5.69 Å². The first-order valence-electron chi connectivity index (χ1n) is 6.52. The molecule has 0 aliphatic rings. The third-order valence-corrected chi connectivity index (χ3v) is 3.35. The summed E-state index contributed by atoms with van der Waals surface area (Å²) in [5.74, 6) is 0.525. The molecule has 4 N–H and O–H groups in total. The standard InChI is InChI=1S/C15H13ClN6/c16-11-8-4-5-9-12(11)19-20-13-14(17)21-22(15(13)18)10-6-2-1-3-7-10/h1-9H,18H2,(H2,17,21). The van der Waals surface area contributed by atoms with Gasteiger partial charge >= 0.3 is 0 Å². The van der Waals surface area contributed by atoms with Crippen molar-refractivity contribution in [3.63, 3.8) is 0 Å². The lowest BCUT2D eigenvalue weighted by atomic mass is 10.3. The van der Waals surface area contributed by atoms with Crippen molar-refractivity contribution in [2.75, 3.05) is 11.5 Å². The maximum atomic E-state index is 6.07. The largest absolute Gasteiger partial charge is 0.382 e. The number of hydrogen-bond donors (Lipinski definition) is 2. The van der Waals surface area contributed by atoms with Crippen molar-refractivity contribution in [1.82, 2.24) is 9.78 Å². The molecular weight excluding hydrogens is 300 g/mol. The highest BCUT2D eigenvalue weighted by Crippen LogP contribution is 2.33. The Kier molecular flexibility index (Phi) is 3.76. The summed E-state index contributed by atoms with van der Waals surface area (Å²) < 4.78 is 1.52. The molecule has 0 saturated carbocycles. The predicted molar refractivity (Wildman–Crippen MR) is 88.0 cm³/mol. The van der Waals surface area contributed by atoms with Crippen LogP contribution in [0.2, 0.25) is 5.02 Å². The Labute approximate surface area is 132 Å². The van der Waals surface area contributed by atoms with E-state index in [0.29, 0.717) is 22.2 Å². The second kappa shape index (κ2) is 5.87. The molecule has 0 amide bonds. The van der Waals surface area contributed by atoms with Gasteiger partial charge in [-0.15, -0.1) is 15.3 Å². The van der Waals surface area contributed by atoms with Gasteiger partial charge in [0, 0.05) is 0 Å². The van der Waals surface area contributed by atoms with Crippen molar-refractivity contribution in [3.05, 3.63) is 59.6 Å². The van der Waals surface area contributed by atoms with E-state index in [2.05, 4.69) is 15.3 Å². The number of nitrogens with zero attached hydrogens (tertiary/aromatic N) is 4. The van der Waals surface area contributed by atoms with Crippen molar-refractivity contribution in [3.8, 4) is 5.69 Å². The number of aromatic nitrogens is 2. The van der Waals surface area contributed by atoms with E-state index in [1.807, 2.05) is 42.5 Å². The lowest BCUT2D eigenvalue weighted by Crippen LogP contribution is -2.01. The zero-order valence-electron chi connectivity index (χ0n) is 11.5. The third-order valence-electron chi connectivity index (χ3n) is 3.03. The van der Waals surface area contributed by atoms with E-state index in [-0.39, 0.29) is 5.82 Å². The summed E-state index contributed by atoms with van der Waals surface area (Å²) in [6.45, 7) is 0. The Balaban J connectivity index is 1.99. The number of rotatable bonds is 3. The van der Waals surface area contributed by atoms with E-state index < -0.39 is 0 Å². The normalized spacial score (nSPS) is 11.1. The molecule has 1 heterocycles. The Morgan fingerprint density at radius 2 is 1.59 bits per heavy atom. The molecule has 1 aromatic heterocycles. The highest BCUT2D eigenvalue weighted by atomic mass is 35.5. The van der Waals surface area contributed by atoms with Crippen molar-refractivity contribution in [1.29, 1.82) is 0 Å². The van der Waals surface area contributed by atoms with Crippen LogP contribution in [-0.2, 0) is 0 Å². The van der Waals surface area contributed by atoms with Crippen LogP contribution in [0.1, 0.15) is 0 Å². The maximum absolute atomic E-state index is 6.07. The molecule has 6 nitrogen and oxygen atoms in total. The lowest BCUT2D eigenvalue weighted by Gasteiger charge is -2.02. The van der Waals surface area contributed by atoms with Gasteiger partial charge in [0.25, 0.3) is 0 Å². The van der Waals surface area contributed by atoms with E-state index in [0.717, 1.165) is 5.69 Å². The summed E-state index contributed by atoms with van der Waals surface area (Å²) >= 11 is 6.03. The zero-order valence-corrected chi connectivity index (χ0v) is 12.3. The van der Waals surface area contributed by atoms with E-state index in [4.69, 9.17) is 23.1 Å². The average molecular weight is 313 g/mol. The number of nitrogens with two attached hydrogens (primary N) is 2. The first-order chi connectivity index (χ1) is 10.7. The molecule has 0 unspecified atom stereocenters. The van der Waals surface area contributed by atoms with Crippen molar-refractivity contribution in [2.24, 2.45) is 10.2 Å². The zero-order chi connectivity index (χ0) is 15.5. The summed E-state index contributed by atoms with van der Waals surface area (Å²) in [5, 5.41) is 12.9. The van der Waals surface area contributed by atoms with Gasteiger partial charge in [0.2, 0.25) is 0 Å². The second-order valence-corrected chi connectivity index (χ2v) is 4.93. The quantitative estimate of drug-likeness (QED) is 0.712. The van der Waals surface area contributed by atoms with Crippen LogP contribution < -0.4 is 11.5 Å². The van der Waals surface area contributed by atoms with Gasteiger partial charge in [-0.3, -0.25) is 0 Å². The van der Waals surface area contributed by atoms with Crippen molar-refractivity contribution >= 4 is 34.6 Å². The third kappa shape index (κ3) is 2.64. The molecule has 3 aromatic rings. The number of nitrogen functional groups attached to an aromatic ring is 2. The summed E-state index contributed by atoms with van der Waals surface area (Å²) in [7, 11) is 0. The first-order valence-corrected chi connectivity index (χ1v) is 6.90. The molecule has 0 spiro atoms. The van der Waals surface area contributed by atoms with E-state index in [1.54, 1.807) is 12.1 Å². The summed E-state index contributed by atoms with van der Waals surface area (Å²) in [6, 6.07) is 16.5. The second-order valence-electron chi connectivity index (χ2n) is 4.52. The predicted octanol–water partition coefficient (Wildman–Crippen LogP) is 4.11. The van der Waals surface area contributed by atoms with Gasteiger partial charge in [-0.2, -0.15) is 0 Å². The van der Waals surface area contributed by atoms with Gasteiger partial charge in [-0.1, -0.05) is 41.9 Å². The Morgan fingerprint density at radius 3 is 2.32 bits per heavy atom. The van der Waals surface area contributed by atoms with E-state index in [1.165, 1.54) is 4.68 Å². The molecule has 0 bridgehead atoms. The van der Waals surface area contributed by atoms with Gasteiger partial charge in [0.15, 0.2) is 17.3 Å². The Hall–Kier alpha value is -2.86. The number of halogens is 1. The average Bonchev–Trinajstić information content (AvgIpc) is 2.82. The van der Waals surface area contributed by atoms with Crippen molar-refractivity contribution in [2.45, 2.75) is 0 Å². The van der Waals surface area contributed by atoms with E-state index in [9.17, 15) is 0 Å². The summed E-state index contributed by atoms with van der Waals surface area (Å²) in [4.78, 5) is 0. The topological polar surface area (TPSA) is 94.6 Å². The van der Waals surface area contributed by atoms with Crippen LogP contribution >= 0.6 is 11.6 Å². The molecule has 0 aliphatic heterocycles. The highest BCUT2D eigenvalue weighted by Gasteiger charge is 2.14. The van der Waals surface area contributed by atoms with Crippen LogP contribution in [0.4, 0.5) is 23.0 Å². The Morgan fingerprint density at radius 1 is 0.909 bits per heavy atom. The molecule has 22 heavy (non-hydrogen) atoms. The first kappa shape index (κ1) is 14.1. The van der Waals surface area contributed by atoms with Gasteiger partial charge < -0.3 is 11.5 Å². The molecule has 0 saturated heterocycles. The minimum absolute atomic E-state index is 0.206. The number of benzene rings is 2. The van der Waals surface area contributed by atoms with Gasteiger partial charge in [-0.25, -0.2) is 4.68 Å². The van der Waals surface area contributed by atoms with Gasteiger partial charge in [0.05, 0.1) is 10.7 Å². The molecular formula is C15H13ClN6. The van der Waals surface area contributed by atoms with Crippen LogP contribution in [0.5, 0.6) is 0 Å². The summed E-state index contributed by atoms with van der Waals surface area (Å²) in [5.41, 5.74) is 13.6. The molecule has 110 valence electrons. The molecule has 0 fully saturated rings. The fraction of sp³-hybridized carbons (Fsp3) is 0. The molecule has 0 radical (unpaired) electrons. The fourth-order valence-electron chi connectivity index (χ4n) is 1.95. The molecule has 3 rings (SSSR count). The maximum Gasteiger partial charge on any atom is 0.176 e. The van der Waals surface area contributed by atoms with Gasteiger partial charge in [-0.05, 0) is 24.3 Å². The van der Waals surface area contributed by atoms with Crippen molar-refractivity contribution < 1.29 is 0 Å². The number of anilines is 2.